The van der Waals surface area contributed by atoms with Gasteiger partial charge in [-0.25, -0.2) is 9.97 Å². The molecule has 5 heteroatoms. The van der Waals surface area contributed by atoms with Gasteiger partial charge in [-0.05, 0) is 20.1 Å². The van der Waals surface area contributed by atoms with Crippen LogP contribution in [0.25, 0.3) is 0 Å². The summed E-state index contributed by atoms with van der Waals surface area (Å²) in [6, 6.07) is 1.97. The molecule has 0 fully saturated rings. The number of methoxy groups -OCH3 is 1. The molecule has 1 rings (SSSR count). The zero-order valence-corrected chi connectivity index (χ0v) is 14.5. The lowest BCUT2D eigenvalue weighted by Crippen LogP contribution is -2.27. The quantitative estimate of drug-likeness (QED) is 0.871. The molecule has 1 heterocycles. The lowest BCUT2D eigenvalue weighted by atomic mass is 9.95. The molecule has 0 atom stereocenters. The number of hydrogen-bond acceptors (Lipinski definition) is 5. The molecule has 0 saturated carbocycles. The molecule has 20 heavy (non-hydrogen) atoms. The summed E-state index contributed by atoms with van der Waals surface area (Å²) in [7, 11) is 1.68. The van der Waals surface area contributed by atoms with Crippen LogP contribution in [-0.4, -0.2) is 34.6 Å². The van der Waals surface area contributed by atoms with Gasteiger partial charge in [-0.3, -0.25) is 0 Å². The van der Waals surface area contributed by atoms with Crippen molar-refractivity contribution in [2.45, 2.75) is 51.4 Å². The highest BCUT2D eigenvalue weighted by molar-refractivity contribution is 7.99. The number of anilines is 1. The van der Waals surface area contributed by atoms with Gasteiger partial charge in [0.05, 0.1) is 12.3 Å². The topological polar surface area (TPSA) is 47.0 Å². The Labute approximate surface area is 127 Å². The number of ether oxygens (including phenoxy) is 1. The molecule has 0 radical (unpaired) electrons. The molecular formula is C15H27N3OS. The van der Waals surface area contributed by atoms with Crippen molar-refractivity contribution >= 4 is 17.6 Å². The number of aromatic nitrogens is 2. The van der Waals surface area contributed by atoms with Crippen molar-refractivity contribution in [3.8, 4) is 0 Å². The van der Waals surface area contributed by atoms with Gasteiger partial charge < -0.3 is 10.1 Å². The predicted octanol–water partition coefficient (Wildman–Crippen LogP) is 3.47. The number of rotatable bonds is 6. The summed E-state index contributed by atoms with van der Waals surface area (Å²) < 4.78 is 5.37. The second-order valence-corrected chi connectivity index (χ2v) is 8.08. The maximum absolute atomic E-state index is 5.19. The fourth-order valence-corrected chi connectivity index (χ4v) is 1.74. The third-order valence-electron chi connectivity index (χ3n) is 2.99. The molecule has 0 spiro atoms. The molecule has 0 aliphatic carbocycles. The Kier molecular flexibility index (Phi) is 5.83. The van der Waals surface area contributed by atoms with Crippen LogP contribution in [0, 0.1) is 0 Å². The molecule has 4 nitrogen and oxygen atoms in total. The van der Waals surface area contributed by atoms with Crippen LogP contribution in [0.1, 0.15) is 46.1 Å². The van der Waals surface area contributed by atoms with E-state index in [1.165, 1.54) is 0 Å². The number of nitrogens with zero attached hydrogens (tertiary/aromatic N) is 2. The maximum atomic E-state index is 5.19. The van der Waals surface area contributed by atoms with E-state index in [1.807, 2.05) is 17.8 Å². The Morgan fingerprint density at radius 2 is 1.85 bits per heavy atom. The average molecular weight is 297 g/mol. The van der Waals surface area contributed by atoms with Gasteiger partial charge in [0.15, 0.2) is 0 Å². The zero-order valence-electron chi connectivity index (χ0n) is 13.7. The van der Waals surface area contributed by atoms with Crippen molar-refractivity contribution in [3.05, 3.63) is 17.6 Å². The molecule has 114 valence electrons. The third-order valence-corrected chi connectivity index (χ3v) is 4.24. The molecule has 1 aromatic rings. The van der Waals surface area contributed by atoms with Gasteiger partial charge in [-0.15, -0.1) is 0 Å². The highest BCUT2D eigenvalue weighted by Crippen LogP contribution is 2.23. The molecule has 0 amide bonds. The van der Waals surface area contributed by atoms with Crippen LogP contribution in [0.3, 0.4) is 0 Å². The summed E-state index contributed by atoms with van der Waals surface area (Å²) in [5, 5.41) is 3.42. The monoisotopic (exact) mass is 297 g/mol. The molecule has 0 aromatic carbocycles. The SMILES string of the molecule is COCc1cc(NCC(C)(C)SC)nc(C(C)(C)C)n1. The van der Waals surface area contributed by atoms with Crippen LogP contribution in [0.5, 0.6) is 0 Å². The second kappa shape index (κ2) is 6.76. The Hall–Kier alpha value is -0.810. The van der Waals surface area contributed by atoms with Crippen LogP contribution < -0.4 is 5.32 Å². The van der Waals surface area contributed by atoms with Crippen LogP contribution in [0.15, 0.2) is 6.07 Å². The van der Waals surface area contributed by atoms with Gasteiger partial charge in [-0.2, -0.15) is 11.8 Å². The first-order chi connectivity index (χ1) is 9.18. The van der Waals surface area contributed by atoms with Crippen molar-refractivity contribution < 1.29 is 4.74 Å². The van der Waals surface area contributed by atoms with Gasteiger partial charge in [0.25, 0.3) is 0 Å². The van der Waals surface area contributed by atoms with Gasteiger partial charge in [0, 0.05) is 29.9 Å². The Balaban J connectivity index is 2.97. The number of hydrogen-bond donors (Lipinski definition) is 1. The number of thioether (sulfide) groups is 1. The first kappa shape index (κ1) is 17.2. The molecule has 0 saturated heterocycles. The predicted molar refractivity (Wildman–Crippen MR) is 87.5 cm³/mol. The summed E-state index contributed by atoms with van der Waals surface area (Å²) in [6.07, 6.45) is 2.12. The van der Waals surface area contributed by atoms with Crippen LogP contribution in [0.2, 0.25) is 0 Å². The largest absolute Gasteiger partial charge is 0.378 e. The minimum Gasteiger partial charge on any atom is -0.378 e. The van der Waals surface area contributed by atoms with Gasteiger partial charge in [0.1, 0.15) is 11.6 Å². The molecule has 1 aromatic heterocycles. The highest BCUT2D eigenvalue weighted by atomic mass is 32.2. The lowest BCUT2D eigenvalue weighted by molar-refractivity contribution is 0.181. The minimum absolute atomic E-state index is 0.0742. The van der Waals surface area contributed by atoms with E-state index in [0.717, 1.165) is 23.9 Å². The minimum atomic E-state index is -0.0742. The van der Waals surface area contributed by atoms with Crippen LogP contribution in [-0.2, 0) is 16.8 Å². The zero-order chi connectivity index (χ0) is 15.4. The van der Waals surface area contributed by atoms with Gasteiger partial charge in [0.2, 0.25) is 0 Å². The summed E-state index contributed by atoms with van der Waals surface area (Å²) in [4.78, 5) is 9.21. The summed E-state index contributed by atoms with van der Waals surface area (Å²) in [5.41, 5.74) is 0.840. The van der Waals surface area contributed by atoms with E-state index in [2.05, 4.69) is 56.2 Å². The third kappa shape index (κ3) is 5.29. The maximum Gasteiger partial charge on any atom is 0.136 e. The standard InChI is InChI=1S/C15H27N3OS/c1-14(2,3)13-17-11(9-19-6)8-12(18-13)16-10-15(4,5)20-7/h8H,9-10H2,1-7H3,(H,16,17,18). The molecule has 0 unspecified atom stereocenters. The van der Waals surface area contributed by atoms with E-state index < -0.39 is 0 Å². The van der Waals surface area contributed by atoms with E-state index in [1.54, 1.807) is 7.11 Å². The molecule has 1 N–H and O–H groups in total. The van der Waals surface area contributed by atoms with Gasteiger partial charge in [-0.1, -0.05) is 20.8 Å². The van der Waals surface area contributed by atoms with Crippen molar-refractivity contribution in [3.63, 3.8) is 0 Å². The van der Waals surface area contributed by atoms with Crippen molar-refractivity contribution in [1.29, 1.82) is 0 Å². The van der Waals surface area contributed by atoms with E-state index in [9.17, 15) is 0 Å². The van der Waals surface area contributed by atoms with Gasteiger partial charge >= 0.3 is 0 Å². The molecule has 0 bridgehead atoms. The first-order valence-corrected chi connectivity index (χ1v) is 8.07. The Bertz CT molecular complexity index is 441. The number of nitrogens with one attached hydrogen (secondary N) is 1. The fraction of sp³-hybridized carbons (Fsp3) is 0.733. The van der Waals surface area contributed by atoms with E-state index in [0.29, 0.717) is 6.61 Å². The molecule has 0 aliphatic heterocycles. The summed E-state index contributed by atoms with van der Waals surface area (Å²) >= 11 is 1.84. The first-order valence-electron chi connectivity index (χ1n) is 6.84. The normalized spacial score (nSPS) is 12.6. The fourth-order valence-electron chi connectivity index (χ4n) is 1.52. The Morgan fingerprint density at radius 1 is 1.20 bits per heavy atom. The lowest BCUT2D eigenvalue weighted by Gasteiger charge is -2.24. The molecule has 0 aliphatic rings. The smallest absolute Gasteiger partial charge is 0.136 e. The van der Waals surface area contributed by atoms with Crippen molar-refractivity contribution in [2.24, 2.45) is 0 Å². The van der Waals surface area contributed by atoms with Crippen LogP contribution >= 0.6 is 11.8 Å². The summed E-state index contributed by atoms with van der Waals surface area (Å²) in [5.74, 6) is 1.72. The van der Waals surface area contributed by atoms with E-state index in [-0.39, 0.29) is 10.2 Å². The van der Waals surface area contributed by atoms with Crippen LogP contribution in [0.4, 0.5) is 5.82 Å². The van der Waals surface area contributed by atoms with E-state index >= 15 is 0 Å². The summed E-state index contributed by atoms with van der Waals surface area (Å²) in [6.45, 7) is 12.2. The molecular weight excluding hydrogens is 270 g/mol. The average Bonchev–Trinajstić information content (AvgIpc) is 2.36. The van der Waals surface area contributed by atoms with Crippen molar-refractivity contribution in [1.82, 2.24) is 9.97 Å². The van der Waals surface area contributed by atoms with Crippen molar-refractivity contribution in [2.75, 3.05) is 25.2 Å². The van der Waals surface area contributed by atoms with E-state index in [4.69, 9.17) is 4.74 Å². The second-order valence-electron chi connectivity index (χ2n) is 6.57. The Morgan fingerprint density at radius 3 is 2.35 bits per heavy atom. The highest BCUT2D eigenvalue weighted by Gasteiger charge is 2.20.